The van der Waals surface area contributed by atoms with Gasteiger partial charge in [-0.3, -0.25) is 4.98 Å². The number of benzene rings is 2. The topological polar surface area (TPSA) is 42.1 Å². The number of aromatic nitrogens is 1. The Labute approximate surface area is 118 Å². The van der Waals surface area contributed by atoms with Gasteiger partial charge >= 0.3 is 0 Å². The van der Waals surface area contributed by atoms with Crippen molar-refractivity contribution in [1.82, 2.24) is 4.98 Å². The fourth-order valence-electron chi connectivity index (χ4n) is 2.49. The predicted octanol–water partition coefficient (Wildman–Crippen LogP) is 3.46. The lowest BCUT2D eigenvalue weighted by Gasteiger charge is -2.24. The molecule has 2 N–H and O–H groups in total. The number of nitrogens with zero attached hydrogens (tertiary/aromatic N) is 2. The maximum absolute atomic E-state index is 5.89. The molecule has 0 saturated carbocycles. The second-order valence-corrected chi connectivity index (χ2v) is 4.75. The van der Waals surface area contributed by atoms with Crippen LogP contribution < -0.4 is 10.6 Å². The van der Waals surface area contributed by atoms with Gasteiger partial charge in [-0.15, -0.1) is 0 Å². The molecule has 0 amide bonds. The minimum atomic E-state index is 0.477. The first kappa shape index (κ1) is 12.6. The zero-order chi connectivity index (χ0) is 13.9. The first-order chi connectivity index (χ1) is 9.81. The van der Waals surface area contributed by atoms with Crippen LogP contribution in [0.15, 0.2) is 60.8 Å². The summed E-state index contributed by atoms with van der Waals surface area (Å²) < 4.78 is 0. The van der Waals surface area contributed by atoms with Gasteiger partial charge in [0.15, 0.2) is 0 Å². The van der Waals surface area contributed by atoms with Crippen LogP contribution >= 0.6 is 0 Å². The molecule has 0 saturated heterocycles. The molecule has 0 spiro atoms. The lowest BCUT2D eigenvalue weighted by Crippen LogP contribution is -2.14. The number of anilines is 2. The zero-order valence-corrected chi connectivity index (χ0v) is 11.5. The van der Waals surface area contributed by atoms with Gasteiger partial charge in [0.2, 0.25) is 0 Å². The molecule has 0 aliphatic rings. The van der Waals surface area contributed by atoms with E-state index in [9.17, 15) is 0 Å². The molecular weight excluding hydrogens is 246 g/mol. The van der Waals surface area contributed by atoms with Crippen molar-refractivity contribution < 1.29 is 0 Å². The van der Waals surface area contributed by atoms with Crippen molar-refractivity contribution in [3.05, 3.63) is 66.4 Å². The second kappa shape index (κ2) is 5.31. The second-order valence-electron chi connectivity index (χ2n) is 4.75. The summed E-state index contributed by atoms with van der Waals surface area (Å²) in [4.78, 5) is 6.65. The smallest absolute Gasteiger partial charge is 0.0723 e. The summed E-state index contributed by atoms with van der Waals surface area (Å²) in [5.41, 5.74) is 10.2. The Morgan fingerprint density at radius 1 is 1.00 bits per heavy atom. The zero-order valence-electron chi connectivity index (χ0n) is 11.5. The van der Waals surface area contributed by atoms with Gasteiger partial charge in [-0.2, -0.15) is 0 Å². The third kappa shape index (κ3) is 2.12. The lowest BCUT2D eigenvalue weighted by atomic mass is 10.1. The average Bonchev–Trinajstić information content (AvgIpc) is 2.54. The molecular formula is C17H17N3. The van der Waals surface area contributed by atoms with Gasteiger partial charge in [0.25, 0.3) is 0 Å². The molecule has 20 heavy (non-hydrogen) atoms. The van der Waals surface area contributed by atoms with Crippen LogP contribution in [-0.4, -0.2) is 12.0 Å². The van der Waals surface area contributed by atoms with Gasteiger partial charge in [0.1, 0.15) is 0 Å². The van der Waals surface area contributed by atoms with E-state index in [-0.39, 0.29) is 0 Å². The summed E-state index contributed by atoms with van der Waals surface area (Å²) in [5, 5.41) is 1.13. The predicted molar refractivity (Wildman–Crippen MR) is 84.1 cm³/mol. The summed E-state index contributed by atoms with van der Waals surface area (Å²) in [6, 6.07) is 18.4. The van der Waals surface area contributed by atoms with Gasteiger partial charge < -0.3 is 10.6 Å². The summed E-state index contributed by atoms with van der Waals surface area (Å²) in [7, 11) is 2.07. The number of fused-ring (bicyclic) bond motifs is 1. The number of pyridine rings is 1. The maximum Gasteiger partial charge on any atom is 0.0723 e. The largest absolute Gasteiger partial charge is 0.344 e. The fraction of sp³-hybridized carbons (Fsp3) is 0.118. The third-order valence-corrected chi connectivity index (χ3v) is 3.52. The molecule has 3 rings (SSSR count). The molecule has 0 aliphatic heterocycles. The minimum absolute atomic E-state index is 0.477. The normalized spacial score (nSPS) is 10.7. The van der Waals surface area contributed by atoms with Gasteiger partial charge in [0.05, 0.1) is 11.2 Å². The van der Waals surface area contributed by atoms with Crippen LogP contribution in [-0.2, 0) is 6.54 Å². The Bertz CT molecular complexity index is 723. The first-order valence-electron chi connectivity index (χ1n) is 6.66. The maximum atomic E-state index is 5.89. The quantitative estimate of drug-likeness (QED) is 0.787. The Balaban J connectivity index is 2.23. The number of hydrogen-bond donors (Lipinski definition) is 1. The summed E-state index contributed by atoms with van der Waals surface area (Å²) in [6.45, 7) is 0.477. The molecule has 100 valence electrons. The standard InChI is InChI=1S/C17H17N3/c1-20(14-7-3-2-4-8-14)17-13(11-18)12-19-16-10-6-5-9-15(16)17/h2-10,12H,11,18H2,1H3. The van der Waals surface area contributed by atoms with Crippen LogP contribution in [0.5, 0.6) is 0 Å². The Morgan fingerprint density at radius 3 is 2.45 bits per heavy atom. The van der Waals surface area contributed by atoms with Crippen molar-refractivity contribution in [2.75, 3.05) is 11.9 Å². The summed E-state index contributed by atoms with van der Waals surface area (Å²) in [6.07, 6.45) is 1.87. The van der Waals surface area contributed by atoms with E-state index in [0.717, 1.165) is 27.8 Å². The molecule has 0 unspecified atom stereocenters. The first-order valence-corrected chi connectivity index (χ1v) is 6.66. The summed E-state index contributed by atoms with van der Waals surface area (Å²) in [5.74, 6) is 0. The molecule has 0 radical (unpaired) electrons. The molecule has 1 heterocycles. The van der Waals surface area contributed by atoms with E-state index in [2.05, 4.69) is 35.1 Å². The molecule has 0 fully saturated rings. The van der Waals surface area contributed by atoms with E-state index in [1.807, 2.05) is 42.6 Å². The molecule has 3 aromatic rings. The van der Waals surface area contributed by atoms with Crippen molar-refractivity contribution in [2.24, 2.45) is 5.73 Å². The number of rotatable bonds is 3. The van der Waals surface area contributed by atoms with Crippen LogP contribution in [0.25, 0.3) is 10.9 Å². The van der Waals surface area contributed by atoms with E-state index in [0.29, 0.717) is 6.54 Å². The van der Waals surface area contributed by atoms with Crippen LogP contribution in [0.2, 0.25) is 0 Å². The lowest BCUT2D eigenvalue weighted by molar-refractivity contribution is 1.04. The van der Waals surface area contributed by atoms with E-state index in [1.165, 1.54) is 0 Å². The van der Waals surface area contributed by atoms with Gasteiger partial charge in [-0.25, -0.2) is 0 Å². The van der Waals surface area contributed by atoms with E-state index < -0.39 is 0 Å². The highest BCUT2D eigenvalue weighted by Crippen LogP contribution is 2.33. The molecule has 3 nitrogen and oxygen atoms in total. The van der Waals surface area contributed by atoms with Gasteiger partial charge in [-0.1, -0.05) is 36.4 Å². The van der Waals surface area contributed by atoms with Crippen molar-refractivity contribution in [3.8, 4) is 0 Å². The SMILES string of the molecule is CN(c1ccccc1)c1c(CN)cnc2ccccc12. The Hall–Kier alpha value is -2.39. The van der Waals surface area contributed by atoms with E-state index in [1.54, 1.807) is 0 Å². The monoisotopic (exact) mass is 263 g/mol. The Kier molecular flexibility index (Phi) is 3.35. The number of para-hydroxylation sites is 2. The molecule has 0 bridgehead atoms. The molecule has 0 aliphatic carbocycles. The van der Waals surface area contributed by atoms with Crippen molar-refractivity contribution in [3.63, 3.8) is 0 Å². The van der Waals surface area contributed by atoms with E-state index in [4.69, 9.17) is 5.73 Å². The van der Waals surface area contributed by atoms with Crippen LogP contribution in [0, 0.1) is 0 Å². The number of hydrogen-bond acceptors (Lipinski definition) is 3. The third-order valence-electron chi connectivity index (χ3n) is 3.52. The molecule has 0 atom stereocenters. The van der Waals surface area contributed by atoms with Crippen molar-refractivity contribution in [2.45, 2.75) is 6.54 Å². The van der Waals surface area contributed by atoms with Crippen LogP contribution in [0.1, 0.15) is 5.56 Å². The van der Waals surface area contributed by atoms with Crippen LogP contribution in [0.4, 0.5) is 11.4 Å². The minimum Gasteiger partial charge on any atom is -0.344 e. The molecule has 2 aromatic carbocycles. The highest BCUT2D eigenvalue weighted by Gasteiger charge is 2.13. The highest BCUT2D eigenvalue weighted by molar-refractivity contribution is 5.95. The number of nitrogens with two attached hydrogens (primary N) is 1. The van der Waals surface area contributed by atoms with Gasteiger partial charge in [0, 0.05) is 36.4 Å². The van der Waals surface area contributed by atoms with Crippen molar-refractivity contribution >= 4 is 22.3 Å². The van der Waals surface area contributed by atoms with Crippen LogP contribution in [0.3, 0.4) is 0 Å². The average molecular weight is 263 g/mol. The Morgan fingerprint density at radius 2 is 1.70 bits per heavy atom. The molecule has 1 aromatic heterocycles. The van der Waals surface area contributed by atoms with Crippen molar-refractivity contribution in [1.29, 1.82) is 0 Å². The fourth-order valence-corrected chi connectivity index (χ4v) is 2.49. The van der Waals surface area contributed by atoms with E-state index >= 15 is 0 Å². The highest BCUT2D eigenvalue weighted by atomic mass is 15.1. The summed E-state index contributed by atoms with van der Waals surface area (Å²) >= 11 is 0. The van der Waals surface area contributed by atoms with Gasteiger partial charge in [-0.05, 0) is 18.2 Å². The molecule has 3 heteroatoms.